The minimum Gasteiger partial charge on any atom is -0.493 e. The van der Waals surface area contributed by atoms with Crippen LogP contribution in [0.15, 0.2) is 42.5 Å². The molecule has 1 atom stereocenters. The van der Waals surface area contributed by atoms with E-state index in [9.17, 15) is 4.79 Å². The van der Waals surface area contributed by atoms with Gasteiger partial charge in [0.05, 0.1) is 12.8 Å². The molecule has 0 saturated heterocycles. The zero-order valence-electron chi connectivity index (χ0n) is 17.0. The Morgan fingerprint density at radius 2 is 2.00 bits per heavy atom. The number of aryl methyl sites for hydroxylation is 1. The SMILES string of the molecule is COc1cc(C2CC(=O)Nc3c2c(-c2ccccc2)nn3C)cc2c1OCO2.O=CO. The number of fused-ring (bicyclic) bond motifs is 2. The van der Waals surface area contributed by atoms with Crippen LogP contribution in [0.3, 0.4) is 0 Å². The average molecular weight is 423 g/mol. The summed E-state index contributed by atoms with van der Waals surface area (Å²) < 4.78 is 18.3. The first kappa shape index (κ1) is 20.3. The lowest BCUT2D eigenvalue weighted by atomic mass is 9.84. The maximum absolute atomic E-state index is 12.5. The van der Waals surface area contributed by atoms with Crippen molar-refractivity contribution in [2.24, 2.45) is 7.05 Å². The van der Waals surface area contributed by atoms with Crippen LogP contribution in [0.2, 0.25) is 0 Å². The van der Waals surface area contributed by atoms with Crippen LogP contribution < -0.4 is 19.5 Å². The number of amides is 1. The van der Waals surface area contributed by atoms with Crippen LogP contribution in [0.4, 0.5) is 5.82 Å². The first-order chi connectivity index (χ1) is 15.1. The smallest absolute Gasteiger partial charge is 0.290 e. The fraction of sp³-hybridized carbons (Fsp3) is 0.227. The van der Waals surface area contributed by atoms with Crippen molar-refractivity contribution >= 4 is 18.2 Å². The van der Waals surface area contributed by atoms with E-state index in [1.165, 1.54) is 0 Å². The summed E-state index contributed by atoms with van der Waals surface area (Å²) in [6.45, 7) is -0.0896. The average Bonchev–Trinajstić information content (AvgIpc) is 3.38. The highest BCUT2D eigenvalue weighted by Gasteiger charge is 2.35. The van der Waals surface area contributed by atoms with E-state index >= 15 is 0 Å². The highest BCUT2D eigenvalue weighted by molar-refractivity contribution is 5.96. The van der Waals surface area contributed by atoms with Crippen molar-refractivity contribution in [3.63, 3.8) is 0 Å². The molecule has 2 aliphatic heterocycles. The van der Waals surface area contributed by atoms with Gasteiger partial charge in [0, 0.05) is 30.5 Å². The Bertz CT molecular complexity index is 1130. The number of hydrogen-bond acceptors (Lipinski definition) is 6. The third-order valence-electron chi connectivity index (χ3n) is 5.21. The minimum absolute atomic E-state index is 0.0447. The molecule has 2 aromatic carbocycles. The number of hydrogen-bond donors (Lipinski definition) is 2. The predicted molar refractivity (Wildman–Crippen MR) is 112 cm³/mol. The molecule has 2 N–H and O–H groups in total. The maximum Gasteiger partial charge on any atom is 0.290 e. The van der Waals surface area contributed by atoms with Crippen molar-refractivity contribution in [3.8, 4) is 28.5 Å². The van der Waals surface area contributed by atoms with Crippen LogP contribution in [0.1, 0.15) is 23.5 Å². The largest absolute Gasteiger partial charge is 0.493 e. The molecule has 0 bridgehead atoms. The van der Waals surface area contributed by atoms with Gasteiger partial charge >= 0.3 is 0 Å². The molecule has 31 heavy (non-hydrogen) atoms. The second-order valence-corrected chi connectivity index (χ2v) is 6.97. The lowest BCUT2D eigenvalue weighted by molar-refractivity contribution is -0.123. The van der Waals surface area contributed by atoms with E-state index in [1.807, 2.05) is 49.5 Å². The van der Waals surface area contributed by atoms with E-state index in [4.69, 9.17) is 29.2 Å². The number of rotatable bonds is 3. The molecule has 5 rings (SSSR count). The third-order valence-corrected chi connectivity index (χ3v) is 5.21. The van der Waals surface area contributed by atoms with E-state index in [-0.39, 0.29) is 25.1 Å². The van der Waals surface area contributed by atoms with Gasteiger partial charge in [-0.25, -0.2) is 0 Å². The number of nitrogens with one attached hydrogen (secondary N) is 1. The van der Waals surface area contributed by atoms with Crippen LogP contribution in [-0.4, -0.2) is 41.2 Å². The van der Waals surface area contributed by atoms with Gasteiger partial charge in [-0.05, 0) is 17.7 Å². The van der Waals surface area contributed by atoms with E-state index in [0.717, 1.165) is 28.2 Å². The zero-order valence-corrected chi connectivity index (χ0v) is 17.0. The molecule has 0 fully saturated rings. The molecule has 3 aromatic rings. The van der Waals surface area contributed by atoms with Crippen molar-refractivity contribution in [2.45, 2.75) is 12.3 Å². The molecule has 1 aromatic heterocycles. The van der Waals surface area contributed by atoms with Gasteiger partial charge in [0.1, 0.15) is 5.82 Å². The van der Waals surface area contributed by atoms with Crippen LogP contribution in [0.5, 0.6) is 17.2 Å². The Labute approximate surface area is 178 Å². The highest BCUT2D eigenvalue weighted by atomic mass is 16.7. The van der Waals surface area contributed by atoms with Crippen LogP contribution in [-0.2, 0) is 16.6 Å². The quantitative estimate of drug-likeness (QED) is 0.623. The summed E-state index contributed by atoms with van der Waals surface area (Å²) in [4.78, 5) is 20.8. The molecule has 1 amide bonds. The molecular weight excluding hydrogens is 402 g/mol. The van der Waals surface area contributed by atoms with Gasteiger partial charge in [0.25, 0.3) is 6.47 Å². The standard InChI is InChI=1S/C21H19N3O4.CH2O2/c1-24-21-18(19(23-24)12-6-4-3-5-7-12)14(10-17(25)22-21)13-8-15(26-2)20-16(9-13)27-11-28-20;2-1-3/h3-9,14H,10-11H2,1-2H3,(H,22,25);1H,(H,2,3). The first-order valence-electron chi connectivity index (χ1n) is 9.54. The van der Waals surface area contributed by atoms with Crippen LogP contribution in [0.25, 0.3) is 11.3 Å². The summed E-state index contributed by atoms with van der Waals surface area (Å²) in [5, 5.41) is 14.6. The number of nitrogens with zero attached hydrogens (tertiary/aromatic N) is 2. The number of carbonyl (C=O) groups is 2. The molecular formula is C22H21N3O6. The Morgan fingerprint density at radius 3 is 2.71 bits per heavy atom. The summed E-state index contributed by atoms with van der Waals surface area (Å²) in [6.07, 6.45) is 0.321. The second-order valence-electron chi connectivity index (χ2n) is 6.97. The number of methoxy groups -OCH3 is 1. The predicted octanol–water partition coefficient (Wildman–Crippen LogP) is 3.00. The number of carboxylic acid groups (broad SMARTS) is 1. The Hall–Kier alpha value is -4.01. The van der Waals surface area contributed by atoms with E-state index in [0.29, 0.717) is 23.7 Å². The summed E-state index contributed by atoms with van der Waals surface area (Å²) in [7, 11) is 3.44. The summed E-state index contributed by atoms with van der Waals surface area (Å²) in [5.41, 5.74) is 3.80. The molecule has 9 nitrogen and oxygen atoms in total. The molecule has 0 spiro atoms. The molecule has 3 heterocycles. The first-order valence-corrected chi connectivity index (χ1v) is 9.54. The highest BCUT2D eigenvalue weighted by Crippen LogP contribution is 2.48. The van der Waals surface area contributed by atoms with Crippen molar-refractivity contribution in [3.05, 3.63) is 53.6 Å². The van der Waals surface area contributed by atoms with Gasteiger partial charge in [-0.2, -0.15) is 5.10 Å². The summed E-state index contributed by atoms with van der Waals surface area (Å²) >= 11 is 0. The number of anilines is 1. The lowest BCUT2D eigenvalue weighted by Crippen LogP contribution is -2.24. The molecule has 1 unspecified atom stereocenters. The number of benzene rings is 2. The number of ether oxygens (including phenoxy) is 3. The Balaban J connectivity index is 0.000000730. The second kappa shape index (κ2) is 8.39. The summed E-state index contributed by atoms with van der Waals surface area (Å²) in [6, 6.07) is 13.8. The van der Waals surface area contributed by atoms with Gasteiger partial charge in [0.15, 0.2) is 11.5 Å². The molecule has 160 valence electrons. The van der Waals surface area contributed by atoms with Crippen molar-refractivity contribution in [2.75, 3.05) is 19.2 Å². The van der Waals surface area contributed by atoms with Gasteiger partial charge in [-0.1, -0.05) is 30.3 Å². The Morgan fingerprint density at radius 1 is 1.26 bits per heavy atom. The monoisotopic (exact) mass is 423 g/mol. The molecule has 0 aliphatic carbocycles. The van der Waals surface area contributed by atoms with Gasteiger partial charge < -0.3 is 24.6 Å². The number of carbonyl (C=O) groups excluding carboxylic acids is 1. The topological polar surface area (TPSA) is 112 Å². The molecule has 9 heteroatoms. The van der Waals surface area contributed by atoms with Crippen molar-refractivity contribution < 1.29 is 28.9 Å². The normalized spacial score (nSPS) is 15.9. The van der Waals surface area contributed by atoms with Crippen molar-refractivity contribution in [1.29, 1.82) is 0 Å². The van der Waals surface area contributed by atoms with Crippen LogP contribution in [0, 0.1) is 0 Å². The molecule has 0 radical (unpaired) electrons. The van der Waals surface area contributed by atoms with Gasteiger partial charge in [-0.3, -0.25) is 14.3 Å². The molecule has 0 saturated carbocycles. The van der Waals surface area contributed by atoms with E-state index in [1.54, 1.807) is 11.8 Å². The van der Waals surface area contributed by atoms with Crippen LogP contribution >= 0.6 is 0 Å². The number of aromatic nitrogens is 2. The zero-order chi connectivity index (χ0) is 22.0. The lowest BCUT2D eigenvalue weighted by Gasteiger charge is -2.25. The van der Waals surface area contributed by atoms with Gasteiger partial charge in [0.2, 0.25) is 18.4 Å². The van der Waals surface area contributed by atoms with E-state index < -0.39 is 0 Å². The third kappa shape index (κ3) is 3.65. The van der Waals surface area contributed by atoms with Crippen molar-refractivity contribution in [1.82, 2.24) is 9.78 Å². The maximum atomic E-state index is 12.5. The summed E-state index contributed by atoms with van der Waals surface area (Å²) in [5.74, 6) is 2.33. The van der Waals surface area contributed by atoms with Gasteiger partial charge in [-0.15, -0.1) is 0 Å². The minimum atomic E-state index is -0.250. The van der Waals surface area contributed by atoms with E-state index in [2.05, 4.69) is 5.32 Å². The fourth-order valence-electron chi connectivity index (χ4n) is 3.93. The fourth-order valence-corrected chi connectivity index (χ4v) is 3.93. The Kier molecular flexibility index (Phi) is 5.48. The molecule has 2 aliphatic rings.